The van der Waals surface area contributed by atoms with Gasteiger partial charge in [-0.3, -0.25) is 4.79 Å². The first kappa shape index (κ1) is 15.9. The summed E-state index contributed by atoms with van der Waals surface area (Å²) in [7, 11) is 0. The summed E-state index contributed by atoms with van der Waals surface area (Å²) < 4.78 is 0. The van der Waals surface area contributed by atoms with E-state index in [1.807, 2.05) is 6.07 Å². The van der Waals surface area contributed by atoms with E-state index in [9.17, 15) is 4.79 Å². The van der Waals surface area contributed by atoms with Gasteiger partial charge in [0.15, 0.2) is 5.16 Å². The van der Waals surface area contributed by atoms with Crippen molar-refractivity contribution in [1.82, 2.24) is 9.97 Å². The summed E-state index contributed by atoms with van der Waals surface area (Å²) in [6.45, 7) is -0.219. The molecule has 2 N–H and O–H groups in total. The van der Waals surface area contributed by atoms with Crippen LogP contribution in [0.3, 0.4) is 0 Å². The van der Waals surface area contributed by atoms with E-state index in [-0.39, 0.29) is 27.9 Å². The number of nitrogens with one attached hydrogen (secondary N) is 1. The van der Waals surface area contributed by atoms with Crippen LogP contribution in [0.1, 0.15) is 11.1 Å². The highest BCUT2D eigenvalue weighted by Gasteiger charge is 2.19. The Labute approximate surface area is 134 Å². The summed E-state index contributed by atoms with van der Waals surface area (Å²) in [5.41, 5.74) is 0.249. The van der Waals surface area contributed by atoms with Crippen LogP contribution in [0.15, 0.2) is 22.1 Å². The minimum atomic E-state index is -0.551. The van der Waals surface area contributed by atoms with Gasteiger partial charge >= 0.3 is 0 Å². The van der Waals surface area contributed by atoms with Crippen molar-refractivity contribution in [1.29, 1.82) is 5.26 Å². The number of aromatic nitrogens is 2. The Morgan fingerprint density at radius 1 is 1.43 bits per heavy atom. The Kier molecular flexibility index (Phi) is 4.91. The summed E-state index contributed by atoms with van der Waals surface area (Å²) in [5, 5.41) is 19.1. The van der Waals surface area contributed by atoms with E-state index < -0.39 is 5.56 Å². The van der Waals surface area contributed by atoms with Crippen LogP contribution < -0.4 is 5.56 Å². The summed E-state index contributed by atoms with van der Waals surface area (Å²) in [6, 6.07) is 4.85. The topological polar surface area (TPSA) is 89.8 Å². The Bertz CT molecular complexity index is 776. The Morgan fingerprint density at radius 2 is 2.05 bits per heavy atom. The average Bonchev–Trinajstić information content (AvgIpc) is 2.45. The van der Waals surface area contributed by atoms with E-state index in [2.05, 4.69) is 9.97 Å². The van der Waals surface area contributed by atoms with Gasteiger partial charge in [-0.1, -0.05) is 35.0 Å². The van der Waals surface area contributed by atoms with Crippen LogP contribution >= 0.6 is 35.0 Å². The van der Waals surface area contributed by atoms with Gasteiger partial charge in [-0.15, -0.1) is 0 Å². The van der Waals surface area contributed by atoms with Gasteiger partial charge in [0.2, 0.25) is 0 Å². The first-order valence-electron chi connectivity index (χ1n) is 5.69. The summed E-state index contributed by atoms with van der Waals surface area (Å²) >= 11 is 13.5. The van der Waals surface area contributed by atoms with Crippen molar-refractivity contribution in [2.24, 2.45) is 0 Å². The lowest BCUT2D eigenvalue weighted by Gasteiger charge is -2.10. The average molecular weight is 342 g/mol. The molecule has 21 heavy (non-hydrogen) atoms. The van der Waals surface area contributed by atoms with Crippen LogP contribution in [0.25, 0.3) is 11.3 Å². The molecule has 0 radical (unpaired) electrons. The van der Waals surface area contributed by atoms with Crippen molar-refractivity contribution in [3.8, 4) is 17.3 Å². The van der Waals surface area contributed by atoms with E-state index in [1.54, 1.807) is 6.26 Å². The van der Waals surface area contributed by atoms with Gasteiger partial charge in [0, 0.05) is 5.56 Å². The monoisotopic (exact) mass is 341 g/mol. The number of rotatable bonds is 3. The van der Waals surface area contributed by atoms with Gasteiger partial charge in [0.25, 0.3) is 5.56 Å². The van der Waals surface area contributed by atoms with Crippen molar-refractivity contribution in [2.45, 2.75) is 11.8 Å². The Morgan fingerprint density at radius 3 is 2.52 bits per heavy atom. The van der Waals surface area contributed by atoms with Crippen LogP contribution in [0, 0.1) is 11.3 Å². The Hall–Kier alpha value is -1.52. The number of nitriles is 1. The van der Waals surface area contributed by atoms with Crippen molar-refractivity contribution in [3.05, 3.63) is 43.7 Å². The number of aliphatic hydroxyl groups is 1. The van der Waals surface area contributed by atoms with Gasteiger partial charge < -0.3 is 10.1 Å². The number of hydrogen-bond donors (Lipinski definition) is 2. The minimum Gasteiger partial charge on any atom is -0.392 e. The number of H-pyrrole nitrogens is 1. The van der Waals surface area contributed by atoms with E-state index in [4.69, 9.17) is 33.6 Å². The zero-order valence-electron chi connectivity index (χ0n) is 10.8. The molecule has 0 spiro atoms. The third kappa shape index (κ3) is 3.06. The number of aliphatic hydroxyl groups excluding tert-OH is 1. The van der Waals surface area contributed by atoms with Crippen molar-refractivity contribution in [3.63, 3.8) is 0 Å². The first-order chi connectivity index (χ1) is 10.0. The predicted octanol–water partition coefficient (Wildman–Crippen LogP) is 2.83. The van der Waals surface area contributed by atoms with Crippen molar-refractivity contribution < 1.29 is 5.11 Å². The third-order valence-corrected chi connectivity index (χ3v) is 3.90. The molecule has 2 aromatic rings. The molecule has 0 saturated heterocycles. The molecule has 0 saturated carbocycles. The third-order valence-electron chi connectivity index (χ3n) is 2.72. The fourth-order valence-electron chi connectivity index (χ4n) is 1.78. The highest BCUT2D eigenvalue weighted by Crippen LogP contribution is 2.36. The molecule has 108 valence electrons. The normalized spacial score (nSPS) is 10.4. The minimum absolute atomic E-state index is 0.130. The lowest BCUT2D eigenvalue weighted by atomic mass is 10.1. The summed E-state index contributed by atoms with van der Waals surface area (Å²) in [4.78, 5) is 18.6. The van der Waals surface area contributed by atoms with Gasteiger partial charge in [0.1, 0.15) is 11.6 Å². The summed E-state index contributed by atoms with van der Waals surface area (Å²) in [6.07, 6.45) is 1.74. The summed E-state index contributed by atoms with van der Waals surface area (Å²) in [5.74, 6) is 0. The van der Waals surface area contributed by atoms with E-state index in [0.717, 1.165) is 0 Å². The van der Waals surface area contributed by atoms with Crippen LogP contribution in [-0.2, 0) is 6.61 Å². The smallest absolute Gasteiger partial charge is 0.270 e. The van der Waals surface area contributed by atoms with E-state index in [1.165, 1.54) is 23.9 Å². The van der Waals surface area contributed by atoms with Gasteiger partial charge in [0.05, 0.1) is 22.3 Å². The molecule has 8 heteroatoms. The molecule has 0 bridgehead atoms. The molecule has 1 heterocycles. The second kappa shape index (κ2) is 6.50. The predicted molar refractivity (Wildman–Crippen MR) is 82.7 cm³/mol. The molecule has 0 atom stereocenters. The highest BCUT2D eigenvalue weighted by atomic mass is 35.5. The fourth-order valence-corrected chi connectivity index (χ4v) is 2.87. The molecular weight excluding hydrogens is 333 g/mol. The molecule has 5 nitrogen and oxygen atoms in total. The second-order valence-corrected chi connectivity index (χ2v) is 5.61. The number of halogens is 2. The Balaban J connectivity index is 2.81. The zero-order chi connectivity index (χ0) is 15.6. The lowest BCUT2D eigenvalue weighted by molar-refractivity contribution is 0.282. The number of nitrogens with zero attached hydrogens (tertiary/aromatic N) is 2. The molecule has 0 amide bonds. The maximum atomic E-state index is 11.9. The van der Waals surface area contributed by atoms with Crippen LogP contribution in [-0.4, -0.2) is 21.3 Å². The molecule has 0 aliphatic heterocycles. The quantitative estimate of drug-likeness (QED) is 0.661. The molecule has 0 aliphatic carbocycles. The fraction of sp³-hybridized carbons (Fsp3) is 0.154. The number of benzene rings is 1. The molecule has 0 aliphatic rings. The van der Waals surface area contributed by atoms with Crippen LogP contribution in [0.5, 0.6) is 0 Å². The molecule has 0 unspecified atom stereocenters. The van der Waals surface area contributed by atoms with Crippen molar-refractivity contribution >= 4 is 35.0 Å². The zero-order valence-corrected chi connectivity index (χ0v) is 13.1. The standard InChI is InChI=1S/C13H9Cl2N3O2S/c1-21-13-17-11(7(4-16)12(20)18-13)10-8(14)2-6(5-19)3-9(10)15/h2-3,19H,5H2,1H3,(H,17,18,20). The number of thioether (sulfide) groups is 1. The van der Waals surface area contributed by atoms with Crippen LogP contribution in [0.2, 0.25) is 10.0 Å². The van der Waals surface area contributed by atoms with Gasteiger partial charge in [-0.05, 0) is 24.0 Å². The van der Waals surface area contributed by atoms with Gasteiger partial charge in [-0.2, -0.15) is 5.26 Å². The largest absolute Gasteiger partial charge is 0.392 e. The maximum Gasteiger partial charge on any atom is 0.270 e. The van der Waals surface area contributed by atoms with Crippen LogP contribution in [0.4, 0.5) is 0 Å². The number of hydrogen-bond acceptors (Lipinski definition) is 5. The van der Waals surface area contributed by atoms with Crippen molar-refractivity contribution in [2.75, 3.05) is 6.26 Å². The number of aromatic amines is 1. The first-order valence-corrected chi connectivity index (χ1v) is 7.67. The molecule has 2 rings (SSSR count). The molecule has 0 fully saturated rings. The maximum absolute atomic E-state index is 11.9. The highest BCUT2D eigenvalue weighted by molar-refractivity contribution is 7.98. The van der Waals surface area contributed by atoms with Gasteiger partial charge in [-0.25, -0.2) is 4.98 Å². The van der Waals surface area contributed by atoms with E-state index in [0.29, 0.717) is 16.3 Å². The van der Waals surface area contributed by atoms with E-state index >= 15 is 0 Å². The SMILES string of the molecule is CSc1nc(-c2c(Cl)cc(CO)cc2Cl)c(C#N)c(=O)[nH]1. The molecule has 1 aromatic heterocycles. The lowest BCUT2D eigenvalue weighted by Crippen LogP contribution is -2.14. The molecule has 1 aromatic carbocycles. The molecular formula is C13H9Cl2N3O2S. The second-order valence-electron chi connectivity index (χ2n) is 4.00.